The summed E-state index contributed by atoms with van der Waals surface area (Å²) in [6, 6.07) is 13.8. The molecular weight excluding hydrogens is 391 g/mol. The molecule has 0 heterocycles. The number of carbonyl (C=O) groups is 2. The Morgan fingerprint density at radius 1 is 0.935 bits per heavy atom. The summed E-state index contributed by atoms with van der Waals surface area (Å²) in [4.78, 5) is 27.7. The van der Waals surface area contributed by atoms with Gasteiger partial charge in [-0.2, -0.15) is 0 Å². The summed E-state index contributed by atoms with van der Waals surface area (Å²) in [5.41, 5.74) is 3.17. The van der Waals surface area contributed by atoms with Gasteiger partial charge in [0.2, 0.25) is 11.8 Å². The Morgan fingerprint density at radius 3 is 2.06 bits per heavy atom. The molecule has 5 heteroatoms. The zero-order valence-electron chi connectivity index (χ0n) is 19.2. The Kier molecular flexibility index (Phi) is 9.70. The number of benzene rings is 2. The van der Waals surface area contributed by atoms with Crippen molar-refractivity contribution >= 4 is 11.8 Å². The van der Waals surface area contributed by atoms with E-state index in [1.807, 2.05) is 20.8 Å². The molecule has 0 aliphatic rings. The van der Waals surface area contributed by atoms with Gasteiger partial charge in [0.15, 0.2) is 0 Å². The topological polar surface area (TPSA) is 49.4 Å². The molecule has 0 saturated carbocycles. The normalized spacial score (nSPS) is 11.9. The highest BCUT2D eigenvalue weighted by Gasteiger charge is 2.28. The third-order valence-electron chi connectivity index (χ3n) is 5.40. The first-order valence-corrected chi connectivity index (χ1v) is 11.2. The van der Waals surface area contributed by atoms with Crippen LogP contribution >= 0.6 is 0 Å². The van der Waals surface area contributed by atoms with Crippen molar-refractivity contribution in [1.29, 1.82) is 0 Å². The Bertz CT molecular complexity index is 831. The van der Waals surface area contributed by atoms with Crippen molar-refractivity contribution in [3.8, 4) is 0 Å². The van der Waals surface area contributed by atoms with Crippen LogP contribution in [0.2, 0.25) is 0 Å². The van der Waals surface area contributed by atoms with E-state index in [9.17, 15) is 14.0 Å². The first-order valence-electron chi connectivity index (χ1n) is 11.2. The molecule has 2 rings (SSSR count). The molecule has 0 unspecified atom stereocenters. The molecule has 0 saturated heterocycles. The van der Waals surface area contributed by atoms with E-state index in [0.717, 1.165) is 17.5 Å². The molecule has 0 aliphatic carbocycles. The monoisotopic (exact) mass is 426 g/mol. The molecular formula is C26H35FN2O2. The maximum atomic E-state index is 13.3. The van der Waals surface area contributed by atoms with E-state index in [1.165, 1.54) is 17.7 Å². The lowest BCUT2D eigenvalue weighted by Crippen LogP contribution is -2.49. The number of carbonyl (C=O) groups excluding carboxylic acids is 2. The van der Waals surface area contributed by atoms with E-state index in [4.69, 9.17) is 0 Å². The van der Waals surface area contributed by atoms with E-state index in [0.29, 0.717) is 31.7 Å². The van der Waals surface area contributed by atoms with Crippen LogP contribution in [-0.2, 0) is 29.0 Å². The van der Waals surface area contributed by atoms with Crippen molar-refractivity contribution in [3.05, 3.63) is 71.0 Å². The molecule has 1 N–H and O–H groups in total. The van der Waals surface area contributed by atoms with Crippen LogP contribution in [0.3, 0.4) is 0 Å². The second-order valence-corrected chi connectivity index (χ2v) is 8.38. The van der Waals surface area contributed by atoms with Crippen LogP contribution in [0.15, 0.2) is 48.5 Å². The number of nitrogens with one attached hydrogen (secondary N) is 1. The van der Waals surface area contributed by atoms with Crippen molar-refractivity contribution in [2.24, 2.45) is 5.92 Å². The molecule has 2 aromatic carbocycles. The Morgan fingerprint density at radius 2 is 1.52 bits per heavy atom. The maximum absolute atomic E-state index is 13.3. The van der Waals surface area contributed by atoms with Gasteiger partial charge >= 0.3 is 0 Å². The van der Waals surface area contributed by atoms with Gasteiger partial charge in [-0.05, 0) is 54.0 Å². The second-order valence-electron chi connectivity index (χ2n) is 8.38. The number of rotatable bonds is 11. The zero-order chi connectivity index (χ0) is 22.8. The summed E-state index contributed by atoms with van der Waals surface area (Å²) in [5, 5.41) is 2.96. The zero-order valence-corrected chi connectivity index (χ0v) is 19.2. The summed E-state index contributed by atoms with van der Waals surface area (Å²) < 4.78 is 13.3. The van der Waals surface area contributed by atoms with Gasteiger partial charge < -0.3 is 10.2 Å². The number of amides is 2. The van der Waals surface area contributed by atoms with Crippen molar-refractivity contribution in [3.63, 3.8) is 0 Å². The Hall–Kier alpha value is -2.69. The van der Waals surface area contributed by atoms with Crippen LogP contribution in [0.4, 0.5) is 4.39 Å². The van der Waals surface area contributed by atoms with Crippen molar-refractivity contribution in [2.75, 3.05) is 6.54 Å². The van der Waals surface area contributed by atoms with Gasteiger partial charge in [-0.1, -0.05) is 64.1 Å². The van der Waals surface area contributed by atoms with Gasteiger partial charge in [-0.3, -0.25) is 9.59 Å². The van der Waals surface area contributed by atoms with Gasteiger partial charge in [0, 0.05) is 19.5 Å². The lowest BCUT2D eigenvalue weighted by atomic mass is 10.0. The number of aryl methyl sites for hydroxylation is 2. The Labute approximate surface area is 185 Å². The van der Waals surface area contributed by atoms with E-state index < -0.39 is 6.04 Å². The minimum atomic E-state index is -0.557. The molecule has 168 valence electrons. The summed E-state index contributed by atoms with van der Waals surface area (Å²) in [6.07, 6.45) is 2.43. The third kappa shape index (κ3) is 7.82. The predicted molar refractivity (Wildman–Crippen MR) is 123 cm³/mol. The highest BCUT2D eigenvalue weighted by Crippen LogP contribution is 2.16. The van der Waals surface area contributed by atoms with Gasteiger partial charge in [-0.25, -0.2) is 4.39 Å². The molecule has 0 fully saturated rings. The smallest absolute Gasteiger partial charge is 0.242 e. The lowest BCUT2D eigenvalue weighted by Gasteiger charge is -2.31. The highest BCUT2D eigenvalue weighted by atomic mass is 19.1. The second kappa shape index (κ2) is 12.2. The minimum absolute atomic E-state index is 0.0737. The fourth-order valence-electron chi connectivity index (χ4n) is 3.47. The van der Waals surface area contributed by atoms with Crippen LogP contribution in [0.5, 0.6) is 0 Å². The fourth-order valence-corrected chi connectivity index (χ4v) is 3.47. The number of hydrogen-bond acceptors (Lipinski definition) is 2. The first kappa shape index (κ1) is 24.6. The first-order chi connectivity index (χ1) is 14.8. The summed E-state index contributed by atoms with van der Waals surface area (Å²) in [5.74, 6) is -0.206. The maximum Gasteiger partial charge on any atom is 0.242 e. The van der Waals surface area contributed by atoms with Gasteiger partial charge in [0.05, 0.1) is 0 Å². The fraction of sp³-hybridized carbons (Fsp3) is 0.462. The van der Waals surface area contributed by atoms with Crippen LogP contribution in [-0.4, -0.2) is 29.3 Å². The van der Waals surface area contributed by atoms with Crippen molar-refractivity contribution < 1.29 is 14.0 Å². The molecule has 0 bridgehead atoms. The SMILES string of the molecule is CCc1ccc(CCC(=O)N(Cc2ccc(F)cc2)[C@H](CC)C(=O)NCC(C)C)cc1. The van der Waals surface area contributed by atoms with Crippen LogP contribution in [0.25, 0.3) is 0 Å². The minimum Gasteiger partial charge on any atom is -0.354 e. The lowest BCUT2D eigenvalue weighted by molar-refractivity contribution is -0.141. The van der Waals surface area contributed by atoms with Crippen molar-refractivity contribution in [1.82, 2.24) is 10.2 Å². The Balaban J connectivity index is 2.16. The van der Waals surface area contributed by atoms with E-state index in [2.05, 4.69) is 36.5 Å². The summed E-state index contributed by atoms with van der Waals surface area (Å²) in [7, 11) is 0. The van der Waals surface area contributed by atoms with Crippen LogP contribution < -0.4 is 5.32 Å². The average Bonchev–Trinajstić information content (AvgIpc) is 2.77. The van der Waals surface area contributed by atoms with Crippen LogP contribution in [0, 0.1) is 11.7 Å². The van der Waals surface area contributed by atoms with Gasteiger partial charge in [0.25, 0.3) is 0 Å². The molecule has 2 aromatic rings. The standard InChI is InChI=1S/C26H35FN2O2/c1-5-20-7-9-21(10-8-20)13-16-25(30)29(18-22-11-14-23(27)15-12-22)24(6-2)26(31)28-17-19(3)4/h7-12,14-15,19,24H,5-6,13,16-18H2,1-4H3,(H,28,31)/t24-/m1/s1. The largest absolute Gasteiger partial charge is 0.354 e. The van der Waals surface area contributed by atoms with E-state index >= 15 is 0 Å². The van der Waals surface area contributed by atoms with E-state index in [1.54, 1.807) is 17.0 Å². The van der Waals surface area contributed by atoms with Gasteiger partial charge in [-0.15, -0.1) is 0 Å². The quantitative estimate of drug-likeness (QED) is 0.556. The molecule has 2 amide bonds. The van der Waals surface area contributed by atoms with Gasteiger partial charge in [0.1, 0.15) is 11.9 Å². The predicted octanol–water partition coefficient (Wildman–Crippen LogP) is 4.90. The molecule has 0 aromatic heterocycles. The number of halogens is 1. The molecule has 4 nitrogen and oxygen atoms in total. The van der Waals surface area contributed by atoms with E-state index in [-0.39, 0.29) is 24.2 Å². The van der Waals surface area contributed by atoms with Crippen LogP contribution in [0.1, 0.15) is 57.2 Å². The number of nitrogens with zero attached hydrogens (tertiary/aromatic N) is 1. The number of hydrogen-bond donors (Lipinski definition) is 1. The summed E-state index contributed by atoms with van der Waals surface area (Å²) in [6.45, 7) is 8.94. The average molecular weight is 427 g/mol. The summed E-state index contributed by atoms with van der Waals surface area (Å²) >= 11 is 0. The molecule has 0 spiro atoms. The molecule has 31 heavy (non-hydrogen) atoms. The highest BCUT2D eigenvalue weighted by molar-refractivity contribution is 5.87. The molecule has 0 aliphatic heterocycles. The van der Waals surface area contributed by atoms with Crippen molar-refractivity contribution in [2.45, 2.75) is 66.0 Å². The molecule has 0 radical (unpaired) electrons. The third-order valence-corrected chi connectivity index (χ3v) is 5.40. The molecule has 1 atom stereocenters.